The molecular formula is C25H29FN4O2S. The molecule has 0 saturated carbocycles. The monoisotopic (exact) mass is 468 g/mol. The smallest absolute Gasteiger partial charge is 0.237 e. The highest BCUT2D eigenvalue weighted by Gasteiger charge is 2.22. The molecular weight excluding hydrogens is 439 g/mol. The van der Waals surface area contributed by atoms with Gasteiger partial charge in [-0.1, -0.05) is 62.0 Å². The predicted octanol–water partition coefficient (Wildman–Crippen LogP) is 5.73. The van der Waals surface area contributed by atoms with E-state index in [2.05, 4.69) is 35.9 Å². The van der Waals surface area contributed by atoms with Gasteiger partial charge in [0.05, 0.1) is 5.25 Å². The second-order valence-electron chi connectivity index (χ2n) is 7.96. The summed E-state index contributed by atoms with van der Waals surface area (Å²) in [7, 11) is 0. The molecule has 0 radical (unpaired) electrons. The van der Waals surface area contributed by atoms with Crippen LogP contribution in [0.1, 0.15) is 43.6 Å². The number of hydrogen-bond acceptors (Lipinski definition) is 5. The van der Waals surface area contributed by atoms with E-state index in [1.807, 2.05) is 36.6 Å². The molecule has 3 aromatic rings. The van der Waals surface area contributed by atoms with Crippen LogP contribution >= 0.6 is 11.8 Å². The van der Waals surface area contributed by atoms with Crippen molar-refractivity contribution in [1.29, 1.82) is 0 Å². The Morgan fingerprint density at radius 2 is 1.97 bits per heavy atom. The van der Waals surface area contributed by atoms with Gasteiger partial charge in [0.1, 0.15) is 6.61 Å². The first-order valence-corrected chi connectivity index (χ1v) is 11.7. The minimum Gasteiger partial charge on any atom is -0.483 e. The van der Waals surface area contributed by atoms with Crippen LogP contribution in [0.5, 0.6) is 5.75 Å². The van der Waals surface area contributed by atoms with Crippen molar-refractivity contribution in [2.45, 2.75) is 57.2 Å². The molecule has 174 valence electrons. The molecule has 0 spiro atoms. The number of thioether (sulfide) groups is 1. The van der Waals surface area contributed by atoms with Gasteiger partial charge in [0.2, 0.25) is 5.91 Å². The van der Waals surface area contributed by atoms with Gasteiger partial charge in [-0.25, -0.2) is 4.39 Å². The first kappa shape index (κ1) is 24.5. The predicted molar refractivity (Wildman–Crippen MR) is 130 cm³/mol. The fourth-order valence-electron chi connectivity index (χ4n) is 3.31. The van der Waals surface area contributed by atoms with Crippen molar-refractivity contribution < 1.29 is 13.9 Å². The Hall–Kier alpha value is -3.13. The van der Waals surface area contributed by atoms with Crippen molar-refractivity contribution in [2.24, 2.45) is 0 Å². The van der Waals surface area contributed by atoms with Crippen LogP contribution in [-0.2, 0) is 17.9 Å². The molecule has 3 rings (SSSR count). The molecule has 33 heavy (non-hydrogen) atoms. The van der Waals surface area contributed by atoms with E-state index in [0.29, 0.717) is 17.5 Å². The first-order chi connectivity index (χ1) is 15.8. The van der Waals surface area contributed by atoms with Crippen LogP contribution in [0.3, 0.4) is 0 Å². The van der Waals surface area contributed by atoms with Crippen molar-refractivity contribution in [3.63, 3.8) is 0 Å². The Balaban J connectivity index is 1.73. The number of hydrogen-bond donors (Lipinski definition) is 1. The Kier molecular flexibility index (Phi) is 8.27. The van der Waals surface area contributed by atoms with Crippen molar-refractivity contribution in [3.8, 4) is 5.75 Å². The number of carbonyl (C=O) groups is 1. The minimum atomic E-state index is -0.441. The van der Waals surface area contributed by atoms with Crippen LogP contribution in [0.25, 0.3) is 0 Å². The number of anilines is 1. The average molecular weight is 469 g/mol. The molecule has 0 saturated heterocycles. The lowest BCUT2D eigenvalue weighted by molar-refractivity contribution is -0.115. The van der Waals surface area contributed by atoms with Crippen LogP contribution in [0.4, 0.5) is 10.1 Å². The molecule has 1 N–H and O–H groups in total. The summed E-state index contributed by atoms with van der Waals surface area (Å²) in [6, 6.07) is 12.2. The highest BCUT2D eigenvalue weighted by Crippen LogP contribution is 2.29. The highest BCUT2D eigenvalue weighted by molar-refractivity contribution is 8.00. The number of aromatic nitrogens is 3. The van der Waals surface area contributed by atoms with Crippen LogP contribution in [0, 0.1) is 12.7 Å². The van der Waals surface area contributed by atoms with Gasteiger partial charge in [0.25, 0.3) is 0 Å². The number of nitrogens with zero attached hydrogens (tertiary/aromatic N) is 3. The lowest BCUT2D eigenvalue weighted by Gasteiger charge is -2.18. The quantitative estimate of drug-likeness (QED) is 0.304. The summed E-state index contributed by atoms with van der Waals surface area (Å²) in [5.74, 6) is 0.398. The summed E-state index contributed by atoms with van der Waals surface area (Å²) in [6.07, 6.45) is 1.72. The lowest BCUT2D eigenvalue weighted by Crippen LogP contribution is -2.24. The van der Waals surface area contributed by atoms with Gasteiger partial charge in [0, 0.05) is 12.2 Å². The molecule has 1 atom stereocenters. The van der Waals surface area contributed by atoms with Crippen LogP contribution in [0.2, 0.25) is 0 Å². The van der Waals surface area contributed by atoms with Gasteiger partial charge in [-0.15, -0.1) is 16.8 Å². The molecule has 1 amide bonds. The molecule has 0 aliphatic carbocycles. The number of para-hydroxylation sites is 2. The van der Waals surface area contributed by atoms with E-state index in [4.69, 9.17) is 4.74 Å². The molecule has 0 bridgehead atoms. The van der Waals surface area contributed by atoms with E-state index in [0.717, 1.165) is 16.8 Å². The standard InChI is InChI=1S/C25H29FN4O2S/c1-6-14-30-22(15-32-21-13-8-7-12-20(21)26)28-29-25(30)33-18(5)24(31)27-23-17(4)10-9-11-19(23)16(2)3/h6-13,16,18H,1,14-15H2,2-5H3,(H,27,31). The fraction of sp³-hybridized carbons (Fsp3) is 0.320. The van der Waals surface area contributed by atoms with Gasteiger partial charge in [-0.2, -0.15) is 0 Å². The van der Waals surface area contributed by atoms with Gasteiger partial charge >= 0.3 is 0 Å². The number of amides is 1. The second kappa shape index (κ2) is 11.1. The molecule has 1 heterocycles. The van der Waals surface area contributed by atoms with E-state index in [1.165, 1.54) is 17.8 Å². The summed E-state index contributed by atoms with van der Waals surface area (Å²) >= 11 is 1.30. The van der Waals surface area contributed by atoms with Crippen LogP contribution in [-0.4, -0.2) is 25.9 Å². The zero-order valence-electron chi connectivity index (χ0n) is 19.3. The summed E-state index contributed by atoms with van der Waals surface area (Å²) in [4.78, 5) is 13.0. The van der Waals surface area contributed by atoms with Crippen molar-refractivity contribution in [1.82, 2.24) is 14.8 Å². The third-order valence-corrected chi connectivity index (χ3v) is 6.21. The van der Waals surface area contributed by atoms with Crippen molar-refractivity contribution in [3.05, 3.63) is 77.9 Å². The Labute approximate surface area is 198 Å². The average Bonchev–Trinajstić information content (AvgIpc) is 3.15. The minimum absolute atomic E-state index is 0.0455. The third kappa shape index (κ3) is 6.01. The van der Waals surface area contributed by atoms with Crippen LogP contribution in [0.15, 0.2) is 60.3 Å². The molecule has 8 heteroatoms. The topological polar surface area (TPSA) is 69.0 Å². The Bertz CT molecular complexity index is 1130. The Morgan fingerprint density at radius 3 is 2.67 bits per heavy atom. The molecule has 0 fully saturated rings. The lowest BCUT2D eigenvalue weighted by atomic mass is 9.98. The second-order valence-corrected chi connectivity index (χ2v) is 9.27. The number of allylic oxidation sites excluding steroid dienone is 1. The maximum atomic E-state index is 13.9. The van der Waals surface area contributed by atoms with Gasteiger partial charge in [-0.3, -0.25) is 9.36 Å². The van der Waals surface area contributed by atoms with Crippen LogP contribution < -0.4 is 10.1 Å². The van der Waals surface area contributed by atoms with E-state index in [-0.39, 0.29) is 24.2 Å². The van der Waals surface area contributed by atoms with Crippen molar-refractivity contribution in [2.75, 3.05) is 5.32 Å². The number of nitrogens with one attached hydrogen (secondary N) is 1. The largest absolute Gasteiger partial charge is 0.483 e. The molecule has 2 aromatic carbocycles. The van der Waals surface area contributed by atoms with Crippen molar-refractivity contribution >= 4 is 23.4 Å². The normalized spacial score (nSPS) is 11.9. The van der Waals surface area contributed by atoms with E-state index >= 15 is 0 Å². The SMILES string of the molecule is C=CCn1c(COc2ccccc2F)nnc1SC(C)C(=O)Nc1c(C)cccc1C(C)C. The zero-order chi connectivity index (χ0) is 24.0. The summed E-state index contributed by atoms with van der Waals surface area (Å²) < 4.78 is 21.3. The number of carbonyl (C=O) groups excluding carboxylic acids is 1. The molecule has 1 unspecified atom stereocenters. The van der Waals surface area contributed by atoms with Gasteiger partial charge in [-0.05, 0) is 43.0 Å². The molecule has 1 aromatic heterocycles. The first-order valence-electron chi connectivity index (χ1n) is 10.8. The maximum absolute atomic E-state index is 13.9. The number of aryl methyl sites for hydroxylation is 1. The van der Waals surface area contributed by atoms with E-state index in [1.54, 1.807) is 24.3 Å². The number of rotatable bonds is 10. The summed E-state index contributed by atoms with van der Waals surface area (Å²) in [5.41, 5.74) is 2.98. The molecule has 0 aliphatic rings. The van der Waals surface area contributed by atoms with E-state index in [9.17, 15) is 9.18 Å². The fourth-order valence-corrected chi connectivity index (χ4v) is 4.19. The van der Waals surface area contributed by atoms with E-state index < -0.39 is 11.1 Å². The summed E-state index contributed by atoms with van der Waals surface area (Å²) in [6.45, 7) is 12.3. The Morgan fingerprint density at radius 1 is 1.21 bits per heavy atom. The van der Waals surface area contributed by atoms with Gasteiger partial charge < -0.3 is 10.1 Å². The summed E-state index contributed by atoms with van der Waals surface area (Å²) in [5, 5.41) is 11.7. The number of ether oxygens (including phenoxy) is 1. The number of halogens is 1. The number of benzene rings is 2. The molecule has 0 aliphatic heterocycles. The maximum Gasteiger partial charge on any atom is 0.237 e. The van der Waals surface area contributed by atoms with Gasteiger partial charge in [0.15, 0.2) is 22.5 Å². The molecule has 6 nitrogen and oxygen atoms in total. The third-order valence-electron chi connectivity index (χ3n) is 5.13. The zero-order valence-corrected chi connectivity index (χ0v) is 20.2. The highest BCUT2D eigenvalue weighted by atomic mass is 32.2.